The van der Waals surface area contributed by atoms with E-state index < -0.39 is 97.5 Å². The number of hydrogen-bond donors (Lipinski definition) is 3. The molecule has 0 amide bonds. The Hall–Kier alpha value is -1.94. The van der Waals surface area contributed by atoms with Crippen LogP contribution in [0.1, 0.15) is 286 Å². The highest BCUT2D eigenvalue weighted by Crippen LogP contribution is 2.45. The Kier molecular flexibility index (Phi) is 50.4. The molecule has 0 bridgehead atoms. The number of phosphoric ester groups is 2. The Labute approximate surface area is 479 Å². The van der Waals surface area contributed by atoms with Crippen molar-refractivity contribution < 1.29 is 80.2 Å². The zero-order valence-corrected chi connectivity index (χ0v) is 52.6. The number of rotatable bonds is 58. The van der Waals surface area contributed by atoms with Crippen LogP contribution in [0.15, 0.2) is 0 Å². The molecule has 0 rings (SSSR count). The van der Waals surface area contributed by atoms with Crippen LogP contribution >= 0.6 is 15.6 Å². The van der Waals surface area contributed by atoms with Gasteiger partial charge in [0.15, 0.2) is 12.2 Å². The van der Waals surface area contributed by atoms with Crippen LogP contribution in [-0.2, 0) is 65.4 Å². The van der Waals surface area contributed by atoms with Crippen molar-refractivity contribution in [1.29, 1.82) is 0 Å². The van der Waals surface area contributed by atoms with Crippen LogP contribution in [0.4, 0.5) is 0 Å². The molecule has 19 heteroatoms. The molecule has 0 saturated carbocycles. The van der Waals surface area contributed by atoms with Gasteiger partial charge in [-0.3, -0.25) is 37.3 Å². The number of hydrogen-bond acceptors (Lipinski definition) is 15. The third-order valence-corrected chi connectivity index (χ3v) is 15.5. The Morgan fingerprint density at radius 1 is 0.342 bits per heavy atom. The summed E-state index contributed by atoms with van der Waals surface area (Å²) < 4.78 is 67.7. The highest BCUT2D eigenvalue weighted by molar-refractivity contribution is 7.47. The van der Waals surface area contributed by atoms with Crippen molar-refractivity contribution in [3.05, 3.63) is 0 Å². The number of esters is 4. The summed E-state index contributed by atoms with van der Waals surface area (Å²) >= 11 is 0. The van der Waals surface area contributed by atoms with Crippen LogP contribution in [0.25, 0.3) is 0 Å². The molecule has 0 aliphatic heterocycles. The maximum Gasteiger partial charge on any atom is 0.472 e. The lowest BCUT2D eigenvalue weighted by molar-refractivity contribution is -0.161. The highest BCUT2D eigenvalue weighted by atomic mass is 31.2. The van der Waals surface area contributed by atoms with E-state index in [2.05, 4.69) is 48.5 Å². The predicted octanol–water partition coefficient (Wildman–Crippen LogP) is 15.9. The minimum Gasteiger partial charge on any atom is -0.462 e. The van der Waals surface area contributed by atoms with Gasteiger partial charge >= 0.3 is 39.5 Å². The van der Waals surface area contributed by atoms with Crippen LogP contribution in [0.5, 0.6) is 0 Å². The van der Waals surface area contributed by atoms with Crippen LogP contribution in [0.3, 0.4) is 0 Å². The molecule has 0 fully saturated rings. The summed E-state index contributed by atoms with van der Waals surface area (Å²) in [4.78, 5) is 71.9. The minimum atomic E-state index is -4.94. The summed E-state index contributed by atoms with van der Waals surface area (Å²) in [6.45, 7) is 11.6. The molecular formula is C60H116O17P2. The van der Waals surface area contributed by atoms with E-state index in [1.54, 1.807) is 0 Å². The van der Waals surface area contributed by atoms with Gasteiger partial charge in [-0.2, -0.15) is 0 Å². The van der Waals surface area contributed by atoms with Gasteiger partial charge in [-0.15, -0.1) is 0 Å². The molecular weight excluding hydrogens is 1050 g/mol. The molecule has 0 radical (unpaired) electrons. The van der Waals surface area contributed by atoms with Gasteiger partial charge in [0.05, 0.1) is 26.4 Å². The highest BCUT2D eigenvalue weighted by Gasteiger charge is 2.30. The van der Waals surface area contributed by atoms with Gasteiger partial charge in [-0.1, -0.05) is 235 Å². The molecule has 0 heterocycles. The molecule has 0 aromatic carbocycles. The summed E-state index contributed by atoms with van der Waals surface area (Å²) in [6.07, 6.45) is 31.0. The maximum atomic E-state index is 12.9. The van der Waals surface area contributed by atoms with Gasteiger partial charge in [-0.05, 0) is 43.4 Å². The van der Waals surface area contributed by atoms with Crippen molar-refractivity contribution in [3.63, 3.8) is 0 Å². The van der Waals surface area contributed by atoms with Crippen LogP contribution < -0.4 is 0 Å². The van der Waals surface area contributed by atoms with E-state index in [0.717, 1.165) is 115 Å². The molecule has 0 saturated heterocycles. The van der Waals surface area contributed by atoms with Crippen molar-refractivity contribution in [2.75, 3.05) is 39.6 Å². The standard InChI is InChI=1S/C60H116O17P2/c1-8-9-10-11-17-27-34-41-57(62)70-47-55(77-60(65)44-37-30-23-16-20-26-33-40-53(6)7)49-74-78(66,67)72-45-54(61)46-73-79(68,69)75-50-56(48-71-58(63)42-35-28-22-15-19-25-32-39-52(4)5)76-59(64)43-36-29-21-14-12-13-18-24-31-38-51(2)3/h51-56,61H,8-50H2,1-7H3,(H,66,67)(H,68,69)/t54-,55+,56+/m0/s1. The normalized spacial score (nSPS) is 14.5. The average molecular weight is 1170 g/mol. The topological polar surface area (TPSA) is 237 Å². The first-order valence-corrected chi connectivity index (χ1v) is 34.3. The van der Waals surface area contributed by atoms with Crippen molar-refractivity contribution >= 4 is 39.5 Å². The Bertz CT molecular complexity index is 1580. The molecule has 5 atom stereocenters. The number of aliphatic hydroxyl groups is 1. The Morgan fingerprint density at radius 3 is 0.861 bits per heavy atom. The van der Waals surface area contributed by atoms with Gasteiger partial charge in [0.2, 0.25) is 0 Å². The second-order valence-electron chi connectivity index (χ2n) is 23.2. The van der Waals surface area contributed by atoms with Crippen LogP contribution in [-0.4, -0.2) is 96.7 Å². The summed E-state index contributed by atoms with van der Waals surface area (Å²) in [5.41, 5.74) is 0. The zero-order valence-electron chi connectivity index (χ0n) is 50.8. The molecule has 0 aromatic heterocycles. The lowest BCUT2D eigenvalue weighted by atomic mass is 10.0. The lowest BCUT2D eigenvalue weighted by Crippen LogP contribution is -2.30. The average Bonchev–Trinajstić information content (AvgIpc) is 3.39. The fourth-order valence-electron chi connectivity index (χ4n) is 8.77. The summed E-state index contributed by atoms with van der Waals surface area (Å²) in [6, 6.07) is 0. The predicted molar refractivity (Wildman–Crippen MR) is 312 cm³/mol. The van der Waals surface area contributed by atoms with Gasteiger partial charge in [0.25, 0.3) is 0 Å². The number of phosphoric acid groups is 2. The maximum absolute atomic E-state index is 12.9. The van der Waals surface area contributed by atoms with E-state index in [0.29, 0.717) is 37.5 Å². The first-order chi connectivity index (χ1) is 37.7. The van der Waals surface area contributed by atoms with E-state index in [4.69, 9.17) is 37.0 Å². The van der Waals surface area contributed by atoms with E-state index in [-0.39, 0.29) is 25.7 Å². The molecule has 3 N–H and O–H groups in total. The van der Waals surface area contributed by atoms with Gasteiger partial charge in [0.1, 0.15) is 19.3 Å². The zero-order chi connectivity index (χ0) is 58.8. The Morgan fingerprint density at radius 2 is 0.582 bits per heavy atom. The van der Waals surface area contributed by atoms with Gasteiger partial charge in [-0.25, -0.2) is 9.13 Å². The van der Waals surface area contributed by atoms with Gasteiger partial charge < -0.3 is 33.8 Å². The summed E-state index contributed by atoms with van der Waals surface area (Å²) in [5.74, 6) is -0.0112. The first-order valence-electron chi connectivity index (χ1n) is 31.3. The molecule has 79 heavy (non-hydrogen) atoms. The minimum absolute atomic E-state index is 0.102. The van der Waals surface area contributed by atoms with Crippen molar-refractivity contribution in [3.8, 4) is 0 Å². The third-order valence-electron chi connectivity index (χ3n) is 13.6. The monoisotopic (exact) mass is 1170 g/mol. The summed E-state index contributed by atoms with van der Waals surface area (Å²) in [5, 5.41) is 10.5. The lowest BCUT2D eigenvalue weighted by Gasteiger charge is -2.21. The quantitative estimate of drug-likeness (QED) is 0.0222. The van der Waals surface area contributed by atoms with E-state index >= 15 is 0 Å². The SMILES string of the molecule is CCCCCCCCCC(=O)OC[C@H](COP(=O)(O)OC[C@H](O)COP(=O)(O)OC[C@@H](COC(=O)CCCCCCCCCC(C)C)OC(=O)CCCCCCCCCCCC(C)C)OC(=O)CCCCCCCCCC(C)C. The van der Waals surface area contributed by atoms with Crippen molar-refractivity contribution in [2.45, 2.75) is 304 Å². The summed E-state index contributed by atoms with van der Waals surface area (Å²) in [7, 11) is -9.88. The molecule has 0 aliphatic rings. The van der Waals surface area contributed by atoms with E-state index in [1.165, 1.54) is 77.0 Å². The first kappa shape index (κ1) is 77.1. The molecule has 468 valence electrons. The Balaban J connectivity index is 5.23. The fraction of sp³-hybridized carbons (Fsp3) is 0.933. The van der Waals surface area contributed by atoms with Crippen molar-refractivity contribution in [2.24, 2.45) is 17.8 Å². The number of carbonyl (C=O) groups is 4. The second kappa shape index (κ2) is 51.7. The van der Waals surface area contributed by atoms with Gasteiger partial charge in [0, 0.05) is 25.7 Å². The van der Waals surface area contributed by atoms with Crippen LogP contribution in [0.2, 0.25) is 0 Å². The molecule has 0 aromatic rings. The molecule has 0 spiro atoms. The number of unbranched alkanes of at least 4 members (excludes halogenated alkanes) is 26. The number of ether oxygens (including phenoxy) is 4. The van der Waals surface area contributed by atoms with Crippen LogP contribution in [0, 0.1) is 17.8 Å². The fourth-order valence-corrected chi connectivity index (χ4v) is 10.4. The number of carbonyl (C=O) groups excluding carboxylic acids is 4. The van der Waals surface area contributed by atoms with Crippen molar-refractivity contribution in [1.82, 2.24) is 0 Å². The molecule has 2 unspecified atom stereocenters. The molecule has 17 nitrogen and oxygen atoms in total. The molecule has 0 aliphatic carbocycles. The third kappa shape index (κ3) is 55.0. The smallest absolute Gasteiger partial charge is 0.462 e. The largest absolute Gasteiger partial charge is 0.472 e. The van der Waals surface area contributed by atoms with E-state index in [9.17, 15) is 43.2 Å². The van der Waals surface area contributed by atoms with E-state index in [1.807, 2.05) is 0 Å². The number of aliphatic hydroxyl groups excluding tert-OH is 1. The second-order valence-corrected chi connectivity index (χ2v) is 26.1.